The lowest BCUT2D eigenvalue weighted by Crippen LogP contribution is -2.26. The summed E-state index contributed by atoms with van der Waals surface area (Å²) in [6.45, 7) is 9.37. The minimum absolute atomic E-state index is 0.167. The van der Waals surface area contributed by atoms with E-state index in [1.54, 1.807) is 12.3 Å². The fourth-order valence-corrected chi connectivity index (χ4v) is 2.35. The molecule has 0 aliphatic rings. The Labute approximate surface area is 154 Å². The Morgan fingerprint density at radius 3 is 2.69 bits per heavy atom. The van der Waals surface area contributed by atoms with Crippen LogP contribution in [0.25, 0.3) is 0 Å². The molecule has 138 valence electrons. The van der Waals surface area contributed by atoms with Crippen molar-refractivity contribution in [3.8, 4) is 5.88 Å². The van der Waals surface area contributed by atoms with Gasteiger partial charge in [0.2, 0.25) is 11.8 Å². The molecule has 0 aliphatic carbocycles. The largest absolute Gasteiger partial charge is 0.467 e. The number of hydrogen-bond donors (Lipinski definition) is 1. The van der Waals surface area contributed by atoms with E-state index in [1.807, 2.05) is 56.9 Å². The topological polar surface area (TPSA) is 79.7 Å². The van der Waals surface area contributed by atoms with Crippen LogP contribution in [-0.2, 0) is 4.79 Å². The van der Waals surface area contributed by atoms with Crippen molar-refractivity contribution in [3.05, 3.63) is 47.2 Å². The third-order valence-electron chi connectivity index (χ3n) is 3.66. The van der Waals surface area contributed by atoms with Crippen LogP contribution in [0.2, 0.25) is 0 Å². The Morgan fingerprint density at radius 1 is 1.23 bits per heavy atom. The van der Waals surface area contributed by atoms with Gasteiger partial charge in [0, 0.05) is 24.8 Å². The molecule has 0 atom stereocenters. The molecule has 0 unspecified atom stereocenters. The third-order valence-corrected chi connectivity index (χ3v) is 3.66. The molecule has 26 heavy (non-hydrogen) atoms. The van der Waals surface area contributed by atoms with Gasteiger partial charge in [0.05, 0.1) is 6.21 Å². The molecule has 0 radical (unpaired) electrons. The second-order valence-corrected chi connectivity index (χ2v) is 5.82. The molecule has 1 N–H and O–H groups in total. The van der Waals surface area contributed by atoms with Crippen LogP contribution in [0, 0.1) is 13.8 Å². The predicted molar refractivity (Wildman–Crippen MR) is 103 cm³/mol. The highest BCUT2D eigenvalue weighted by Gasteiger charge is 2.10. The Hall–Kier alpha value is -2.96. The van der Waals surface area contributed by atoms with Gasteiger partial charge in [0.15, 0.2) is 6.61 Å². The molecule has 1 aromatic heterocycles. The third kappa shape index (κ3) is 5.84. The van der Waals surface area contributed by atoms with Crippen LogP contribution in [0.5, 0.6) is 5.88 Å². The zero-order valence-corrected chi connectivity index (χ0v) is 15.7. The van der Waals surface area contributed by atoms with E-state index < -0.39 is 0 Å². The van der Waals surface area contributed by atoms with Gasteiger partial charge >= 0.3 is 0 Å². The minimum Gasteiger partial charge on any atom is -0.467 e. The van der Waals surface area contributed by atoms with Crippen molar-refractivity contribution in [1.82, 2.24) is 15.4 Å². The van der Waals surface area contributed by atoms with Gasteiger partial charge in [-0.1, -0.05) is 29.8 Å². The van der Waals surface area contributed by atoms with E-state index >= 15 is 0 Å². The van der Waals surface area contributed by atoms with E-state index in [9.17, 15) is 4.79 Å². The molecule has 0 saturated carbocycles. The first kappa shape index (κ1) is 19.4. The average Bonchev–Trinajstić information content (AvgIpc) is 2.61. The first-order valence-electron chi connectivity index (χ1n) is 8.63. The summed E-state index contributed by atoms with van der Waals surface area (Å²) < 4.78 is 5.49. The molecule has 0 bridgehead atoms. The number of aryl methyl sites for hydroxylation is 2. The average molecular weight is 355 g/mol. The summed E-state index contributed by atoms with van der Waals surface area (Å²) in [5.74, 6) is 0.620. The van der Waals surface area contributed by atoms with Crippen molar-refractivity contribution >= 4 is 18.1 Å². The maximum atomic E-state index is 11.9. The van der Waals surface area contributed by atoms with Crippen LogP contribution >= 0.6 is 0 Å². The van der Waals surface area contributed by atoms with Crippen molar-refractivity contribution in [2.45, 2.75) is 27.7 Å². The lowest BCUT2D eigenvalue weighted by atomic mass is 10.2. The maximum absolute atomic E-state index is 11.9. The Balaban J connectivity index is 1.90. The number of anilines is 1. The van der Waals surface area contributed by atoms with Crippen LogP contribution in [0.15, 0.2) is 35.4 Å². The molecule has 1 amide bonds. The number of benzene rings is 1. The Bertz CT molecular complexity index is 772. The van der Waals surface area contributed by atoms with E-state index in [2.05, 4.69) is 20.5 Å². The van der Waals surface area contributed by atoms with Crippen LogP contribution < -0.4 is 15.1 Å². The van der Waals surface area contributed by atoms with Crippen molar-refractivity contribution in [1.29, 1.82) is 0 Å². The first-order valence-corrected chi connectivity index (χ1v) is 8.63. The van der Waals surface area contributed by atoms with Gasteiger partial charge in [-0.3, -0.25) is 4.79 Å². The quantitative estimate of drug-likeness (QED) is 0.581. The number of nitrogens with zero attached hydrogens (tertiary/aromatic N) is 4. The van der Waals surface area contributed by atoms with Crippen LogP contribution in [-0.4, -0.2) is 41.8 Å². The van der Waals surface area contributed by atoms with E-state index in [4.69, 9.17) is 4.74 Å². The molecular formula is C19H25N5O2. The molecule has 7 nitrogen and oxygen atoms in total. The van der Waals surface area contributed by atoms with Gasteiger partial charge in [0.25, 0.3) is 5.91 Å². The van der Waals surface area contributed by atoms with E-state index in [1.165, 1.54) is 0 Å². The standard InChI is InChI=1S/C19H25N5O2/c1-5-24(6-2)19-21-15(4)11-18(22-19)26-13-17(25)23-20-12-16-9-7-8-14(3)10-16/h7-12H,5-6,13H2,1-4H3,(H,23,25). The number of aromatic nitrogens is 2. The normalized spacial score (nSPS) is 10.8. The highest BCUT2D eigenvalue weighted by atomic mass is 16.5. The summed E-state index contributed by atoms with van der Waals surface area (Å²) >= 11 is 0. The molecule has 0 fully saturated rings. The fourth-order valence-electron chi connectivity index (χ4n) is 2.35. The van der Waals surface area contributed by atoms with Crippen LogP contribution in [0.3, 0.4) is 0 Å². The summed E-state index contributed by atoms with van der Waals surface area (Å²) in [5.41, 5.74) is 5.28. The lowest BCUT2D eigenvalue weighted by molar-refractivity contribution is -0.123. The van der Waals surface area contributed by atoms with E-state index in [0.29, 0.717) is 11.8 Å². The van der Waals surface area contributed by atoms with Gasteiger partial charge in [0.1, 0.15) is 0 Å². The minimum atomic E-state index is -0.352. The van der Waals surface area contributed by atoms with Gasteiger partial charge in [-0.05, 0) is 33.3 Å². The van der Waals surface area contributed by atoms with Crippen LogP contribution in [0.4, 0.5) is 5.95 Å². The number of hydrogen-bond acceptors (Lipinski definition) is 6. The van der Waals surface area contributed by atoms with E-state index in [0.717, 1.165) is 29.9 Å². The molecule has 2 rings (SSSR count). The van der Waals surface area contributed by atoms with Gasteiger partial charge in [-0.15, -0.1) is 0 Å². The SMILES string of the molecule is CCN(CC)c1nc(C)cc(OCC(=O)NN=Cc2cccc(C)c2)n1. The molecule has 1 heterocycles. The Kier molecular flexibility index (Phi) is 7.08. The predicted octanol–water partition coefficient (Wildman–Crippen LogP) is 2.47. The first-order chi connectivity index (χ1) is 12.5. The molecule has 7 heteroatoms. The number of amides is 1. The second kappa shape index (κ2) is 9.50. The number of hydrazone groups is 1. The number of rotatable bonds is 8. The molecule has 0 spiro atoms. The van der Waals surface area contributed by atoms with Gasteiger partial charge in [-0.25, -0.2) is 10.4 Å². The number of carbonyl (C=O) groups excluding carboxylic acids is 1. The summed E-state index contributed by atoms with van der Waals surface area (Å²) in [6.07, 6.45) is 1.60. The number of carbonyl (C=O) groups is 1. The summed E-state index contributed by atoms with van der Waals surface area (Å²) in [6, 6.07) is 9.53. The number of nitrogens with one attached hydrogen (secondary N) is 1. The van der Waals surface area contributed by atoms with Crippen molar-refractivity contribution in [3.63, 3.8) is 0 Å². The van der Waals surface area contributed by atoms with Crippen molar-refractivity contribution < 1.29 is 9.53 Å². The molecule has 0 saturated heterocycles. The molecule has 2 aromatic rings. The zero-order valence-electron chi connectivity index (χ0n) is 15.7. The summed E-state index contributed by atoms with van der Waals surface area (Å²) in [4.78, 5) is 22.7. The monoisotopic (exact) mass is 355 g/mol. The van der Waals surface area contributed by atoms with Gasteiger partial charge < -0.3 is 9.64 Å². The van der Waals surface area contributed by atoms with Gasteiger partial charge in [-0.2, -0.15) is 10.1 Å². The van der Waals surface area contributed by atoms with E-state index in [-0.39, 0.29) is 12.5 Å². The highest BCUT2D eigenvalue weighted by Crippen LogP contribution is 2.15. The smallest absolute Gasteiger partial charge is 0.278 e. The zero-order chi connectivity index (χ0) is 18.9. The van der Waals surface area contributed by atoms with Crippen molar-refractivity contribution in [2.24, 2.45) is 5.10 Å². The highest BCUT2D eigenvalue weighted by molar-refractivity contribution is 5.83. The maximum Gasteiger partial charge on any atom is 0.278 e. The fraction of sp³-hybridized carbons (Fsp3) is 0.368. The summed E-state index contributed by atoms with van der Waals surface area (Å²) in [7, 11) is 0. The van der Waals surface area contributed by atoms with Crippen molar-refractivity contribution in [2.75, 3.05) is 24.6 Å². The summed E-state index contributed by atoms with van der Waals surface area (Å²) in [5, 5.41) is 3.94. The molecular weight excluding hydrogens is 330 g/mol. The molecule has 0 aliphatic heterocycles. The lowest BCUT2D eigenvalue weighted by Gasteiger charge is -2.19. The number of ether oxygens (including phenoxy) is 1. The second-order valence-electron chi connectivity index (χ2n) is 5.82. The van der Waals surface area contributed by atoms with Crippen LogP contribution in [0.1, 0.15) is 30.7 Å². The Morgan fingerprint density at radius 2 is 2.00 bits per heavy atom. The molecule has 1 aromatic carbocycles.